The molecule has 1 saturated heterocycles. The summed E-state index contributed by atoms with van der Waals surface area (Å²) in [6.45, 7) is 3.80. The predicted octanol–water partition coefficient (Wildman–Crippen LogP) is 6.67. The van der Waals surface area contributed by atoms with Crippen molar-refractivity contribution < 1.29 is 24.2 Å². The Kier molecular flexibility index (Phi) is 6.96. The van der Waals surface area contributed by atoms with Crippen molar-refractivity contribution in [2.45, 2.75) is 19.3 Å². The fraction of sp³-hybridized carbons (Fsp3) is 0.233. The molecule has 1 aliphatic rings. The summed E-state index contributed by atoms with van der Waals surface area (Å²) in [5.74, 6) is 0.756. The predicted molar refractivity (Wildman–Crippen MR) is 147 cm³/mol. The number of ketones is 1. The molecule has 1 aromatic heterocycles. The highest BCUT2D eigenvalue weighted by Gasteiger charge is 2.20. The van der Waals surface area contributed by atoms with E-state index in [9.17, 15) is 15.0 Å². The van der Waals surface area contributed by atoms with E-state index >= 15 is 0 Å². The Labute approximate surface area is 220 Å². The van der Waals surface area contributed by atoms with Crippen molar-refractivity contribution in [1.82, 2.24) is 4.90 Å². The van der Waals surface area contributed by atoms with Crippen molar-refractivity contribution >= 4 is 50.9 Å². The van der Waals surface area contributed by atoms with Gasteiger partial charge in [0.25, 0.3) is 0 Å². The van der Waals surface area contributed by atoms with Crippen molar-refractivity contribution in [3.05, 3.63) is 77.9 Å². The van der Waals surface area contributed by atoms with Crippen LogP contribution >= 0.6 is 12.4 Å². The van der Waals surface area contributed by atoms with Crippen molar-refractivity contribution in [3.63, 3.8) is 0 Å². The first kappa shape index (κ1) is 24.9. The summed E-state index contributed by atoms with van der Waals surface area (Å²) in [5, 5.41) is 23.2. The van der Waals surface area contributed by atoms with Crippen LogP contribution < -0.4 is 4.74 Å². The second-order valence-corrected chi connectivity index (χ2v) is 9.41. The molecular weight excluding hydrogens is 490 g/mol. The second kappa shape index (κ2) is 10.3. The van der Waals surface area contributed by atoms with Crippen LogP contribution in [0.2, 0.25) is 0 Å². The van der Waals surface area contributed by atoms with Gasteiger partial charge in [-0.2, -0.15) is 0 Å². The smallest absolute Gasteiger partial charge is 0.193 e. The molecule has 0 atom stereocenters. The molecule has 7 heteroatoms. The quantitative estimate of drug-likeness (QED) is 0.245. The lowest BCUT2D eigenvalue weighted by Crippen LogP contribution is -2.33. The van der Waals surface area contributed by atoms with Crippen LogP contribution in [-0.2, 0) is 0 Å². The van der Waals surface area contributed by atoms with Gasteiger partial charge < -0.3 is 19.4 Å². The van der Waals surface area contributed by atoms with Crippen LogP contribution in [-0.4, -0.2) is 47.1 Å². The first-order valence-corrected chi connectivity index (χ1v) is 12.4. The van der Waals surface area contributed by atoms with E-state index in [0.29, 0.717) is 34.3 Å². The topological polar surface area (TPSA) is 83.1 Å². The van der Waals surface area contributed by atoms with E-state index in [1.807, 2.05) is 12.1 Å². The number of hydrogen-bond donors (Lipinski definition) is 2. The van der Waals surface area contributed by atoms with Gasteiger partial charge in [-0.3, -0.25) is 9.69 Å². The molecule has 0 spiro atoms. The first-order chi connectivity index (χ1) is 17.6. The van der Waals surface area contributed by atoms with Crippen LogP contribution in [0, 0.1) is 0 Å². The summed E-state index contributed by atoms with van der Waals surface area (Å²) in [5.41, 5.74) is 2.05. The highest BCUT2D eigenvalue weighted by Crippen LogP contribution is 2.39. The van der Waals surface area contributed by atoms with Crippen LogP contribution in [0.1, 0.15) is 35.2 Å². The monoisotopic (exact) mass is 517 g/mol. The van der Waals surface area contributed by atoms with Crippen molar-refractivity contribution in [1.29, 1.82) is 0 Å². The normalized spacial score (nSPS) is 14.2. The zero-order valence-electron chi connectivity index (χ0n) is 20.3. The number of phenolic OH excluding ortho intramolecular Hbond substituents is 2. The SMILES string of the molecule is Cl.O=C(c1ccc(OCCN2CCCCC2)cc1)c1cc2oc3cc(O)ccc3c2c2ccc(O)cc12. The molecule has 0 unspecified atom stereocenters. The molecule has 37 heavy (non-hydrogen) atoms. The zero-order chi connectivity index (χ0) is 24.6. The van der Waals surface area contributed by atoms with Crippen LogP contribution in [0.4, 0.5) is 0 Å². The molecule has 0 radical (unpaired) electrons. The third-order valence-electron chi connectivity index (χ3n) is 7.02. The molecule has 2 heterocycles. The molecule has 6 rings (SSSR count). The maximum Gasteiger partial charge on any atom is 0.193 e. The van der Waals surface area contributed by atoms with Gasteiger partial charge in [0.1, 0.15) is 35.0 Å². The fourth-order valence-electron chi connectivity index (χ4n) is 5.19. The summed E-state index contributed by atoms with van der Waals surface area (Å²) in [4.78, 5) is 16.0. The average molecular weight is 518 g/mol. The van der Waals surface area contributed by atoms with E-state index in [-0.39, 0.29) is 29.7 Å². The molecule has 1 fully saturated rings. The Morgan fingerprint density at radius 2 is 1.51 bits per heavy atom. The van der Waals surface area contributed by atoms with E-state index in [2.05, 4.69) is 4.90 Å². The second-order valence-electron chi connectivity index (χ2n) is 9.41. The highest BCUT2D eigenvalue weighted by molar-refractivity contribution is 6.26. The van der Waals surface area contributed by atoms with Gasteiger partial charge in [0.2, 0.25) is 0 Å². The standard InChI is InChI=1S/C30H27NO5.ClH/c32-20-6-10-23-25(16-20)26(18-28-29(23)24-11-7-21(33)17-27(24)36-28)30(34)19-4-8-22(9-5-19)35-15-14-31-12-2-1-3-13-31;/h4-11,16-18,32-33H,1-3,12-15H2;1H. The third kappa shape index (κ3) is 4.82. The number of likely N-dealkylation sites (tertiary alicyclic amines) is 1. The molecule has 6 nitrogen and oxygen atoms in total. The van der Waals surface area contributed by atoms with Gasteiger partial charge in [-0.05, 0) is 97.4 Å². The lowest BCUT2D eigenvalue weighted by Gasteiger charge is -2.26. The van der Waals surface area contributed by atoms with Gasteiger partial charge in [0.15, 0.2) is 5.78 Å². The van der Waals surface area contributed by atoms with E-state index in [4.69, 9.17) is 9.15 Å². The number of halogens is 1. The number of fused-ring (bicyclic) bond motifs is 5. The molecule has 0 amide bonds. The van der Waals surface area contributed by atoms with E-state index in [1.54, 1.807) is 54.6 Å². The van der Waals surface area contributed by atoms with Gasteiger partial charge in [-0.1, -0.05) is 6.42 Å². The Balaban J connectivity index is 0.00000280. The minimum Gasteiger partial charge on any atom is -0.508 e. The van der Waals surface area contributed by atoms with Gasteiger partial charge in [-0.25, -0.2) is 0 Å². The van der Waals surface area contributed by atoms with Crippen LogP contribution in [0.3, 0.4) is 0 Å². The van der Waals surface area contributed by atoms with E-state index in [1.165, 1.54) is 19.3 Å². The molecule has 2 N–H and O–H groups in total. The molecule has 0 bridgehead atoms. The number of carbonyl (C=O) groups is 1. The minimum atomic E-state index is -0.171. The number of benzene rings is 4. The van der Waals surface area contributed by atoms with Crippen molar-refractivity contribution in [3.8, 4) is 17.2 Å². The zero-order valence-corrected chi connectivity index (χ0v) is 21.1. The number of aromatic hydroxyl groups is 2. The highest BCUT2D eigenvalue weighted by atomic mass is 35.5. The van der Waals surface area contributed by atoms with Crippen LogP contribution in [0.25, 0.3) is 32.7 Å². The summed E-state index contributed by atoms with van der Waals surface area (Å²) in [6, 6.07) is 18.9. The Morgan fingerprint density at radius 1 is 0.811 bits per heavy atom. The molecular formula is C30H28ClNO5. The third-order valence-corrected chi connectivity index (χ3v) is 7.02. The Bertz CT molecular complexity index is 1590. The number of rotatable bonds is 6. The largest absolute Gasteiger partial charge is 0.508 e. The number of hydrogen-bond acceptors (Lipinski definition) is 6. The molecule has 0 aliphatic carbocycles. The molecule has 5 aromatic rings. The number of piperidine rings is 1. The molecule has 4 aromatic carbocycles. The van der Waals surface area contributed by atoms with E-state index < -0.39 is 0 Å². The summed E-state index contributed by atoms with van der Waals surface area (Å²) >= 11 is 0. The number of nitrogens with zero attached hydrogens (tertiary/aromatic N) is 1. The lowest BCUT2D eigenvalue weighted by atomic mass is 9.94. The molecule has 1 aliphatic heterocycles. The van der Waals surface area contributed by atoms with Gasteiger partial charge in [0.05, 0.1) is 0 Å². The number of phenols is 2. The van der Waals surface area contributed by atoms with Crippen molar-refractivity contribution in [2.75, 3.05) is 26.2 Å². The Hall–Kier alpha value is -3.74. The van der Waals surface area contributed by atoms with Crippen molar-refractivity contribution in [2.24, 2.45) is 0 Å². The number of furan rings is 1. The number of carbonyl (C=O) groups excluding carboxylic acids is 1. The van der Waals surface area contributed by atoms with Gasteiger partial charge >= 0.3 is 0 Å². The lowest BCUT2D eigenvalue weighted by molar-refractivity contribution is 0.104. The summed E-state index contributed by atoms with van der Waals surface area (Å²) < 4.78 is 11.9. The van der Waals surface area contributed by atoms with E-state index in [0.717, 1.165) is 41.5 Å². The van der Waals surface area contributed by atoms with Crippen LogP contribution in [0.15, 0.2) is 71.1 Å². The van der Waals surface area contributed by atoms with Gasteiger partial charge in [0, 0.05) is 34.5 Å². The van der Waals surface area contributed by atoms with Crippen LogP contribution in [0.5, 0.6) is 17.2 Å². The minimum absolute atomic E-state index is 0. The summed E-state index contributed by atoms with van der Waals surface area (Å²) in [7, 11) is 0. The van der Waals surface area contributed by atoms with Gasteiger partial charge in [-0.15, -0.1) is 12.4 Å². The molecule has 190 valence electrons. The number of ether oxygens (including phenoxy) is 1. The Morgan fingerprint density at radius 3 is 2.27 bits per heavy atom. The maximum atomic E-state index is 13.6. The summed E-state index contributed by atoms with van der Waals surface area (Å²) in [6.07, 6.45) is 3.83. The maximum absolute atomic E-state index is 13.6. The fourth-order valence-corrected chi connectivity index (χ4v) is 5.19. The average Bonchev–Trinajstić information content (AvgIpc) is 3.26. The molecule has 0 saturated carbocycles. The first-order valence-electron chi connectivity index (χ1n) is 12.4.